The Kier molecular flexibility index (Phi) is 4.48. The number of hydrogen-bond acceptors (Lipinski definition) is 7. The van der Waals surface area contributed by atoms with E-state index in [0.29, 0.717) is 16.9 Å². The molecule has 3 heterocycles. The van der Waals surface area contributed by atoms with Gasteiger partial charge in [-0.15, -0.1) is 10.2 Å². The first-order valence-electron chi connectivity index (χ1n) is 9.14. The quantitative estimate of drug-likeness (QED) is 0.450. The fraction of sp³-hybridized carbons (Fsp3) is 0.190. The molecule has 8 heteroatoms. The van der Waals surface area contributed by atoms with E-state index in [1.54, 1.807) is 0 Å². The summed E-state index contributed by atoms with van der Waals surface area (Å²) < 4.78 is 18.5. The third kappa shape index (κ3) is 3.58. The minimum absolute atomic E-state index is 0.238. The molecule has 2 aromatic carbocycles. The van der Waals surface area contributed by atoms with Gasteiger partial charge in [-0.25, -0.2) is 4.68 Å². The Labute approximate surface area is 171 Å². The van der Waals surface area contributed by atoms with E-state index in [2.05, 4.69) is 52.6 Å². The van der Waals surface area contributed by atoms with E-state index in [1.165, 1.54) is 17.3 Å². The van der Waals surface area contributed by atoms with Gasteiger partial charge in [0.05, 0.1) is 11.4 Å². The average molecular weight is 406 g/mol. The van der Waals surface area contributed by atoms with Crippen molar-refractivity contribution in [2.24, 2.45) is 0 Å². The van der Waals surface area contributed by atoms with Crippen LogP contribution in [0.1, 0.15) is 17.0 Å². The molecule has 0 amide bonds. The SMILES string of the molecule is Cc1cc(C)n(-c2ccc(CSc3nnc(-c4ccc5c(c4)OCO5)o3)cc2)n1. The van der Waals surface area contributed by atoms with Crippen LogP contribution in [-0.4, -0.2) is 26.8 Å². The second kappa shape index (κ2) is 7.29. The molecule has 7 nitrogen and oxygen atoms in total. The monoisotopic (exact) mass is 406 g/mol. The molecule has 0 saturated heterocycles. The van der Waals surface area contributed by atoms with Crippen molar-refractivity contribution in [2.75, 3.05) is 6.79 Å². The molecular formula is C21H18N4O3S. The summed E-state index contributed by atoms with van der Waals surface area (Å²) in [5.41, 5.74) is 5.15. The number of nitrogens with zero attached hydrogens (tertiary/aromatic N) is 4. The molecule has 0 fully saturated rings. The lowest BCUT2D eigenvalue weighted by Crippen LogP contribution is -1.98. The zero-order valence-electron chi connectivity index (χ0n) is 16.0. The molecule has 4 aromatic rings. The van der Waals surface area contributed by atoms with Crippen LogP contribution in [0.2, 0.25) is 0 Å². The molecule has 0 atom stereocenters. The molecule has 5 rings (SSSR count). The van der Waals surface area contributed by atoms with Crippen LogP contribution >= 0.6 is 11.8 Å². The van der Waals surface area contributed by atoms with E-state index in [4.69, 9.17) is 13.9 Å². The minimum atomic E-state index is 0.238. The zero-order chi connectivity index (χ0) is 19.8. The number of ether oxygens (including phenoxy) is 2. The molecule has 1 aliphatic rings. The highest BCUT2D eigenvalue weighted by Crippen LogP contribution is 2.36. The van der Waals surface area contributed by atoms with Gasteiger partial charge in [-0.1, -0.05) is 23.9 Å². The van der Waals surface area contributed by atoms with Crippen molar-refractivity contribution in [1.29, 1.82) is 0 Å². The third-order valence-electron chi connectivity index (χ3n) is 4.58. The molecule has 0 saturated carbocycles. The molecule has 0 N–H and O–H groups in total. The van der Waals surface area contributed by atoms with Gasteiger partial charge in [0.25, 0.3) is 5.22 Å². The summed E-state index contributed by atoms with van der Waals surface area (Å²) in [6, 6.07) is 16.0. The largest absolute Gasteiger partial charge is 0.454 e. The predicted molar refractivity (Wildman–Crippen MR) is 108 cm³/mol. The van der Waals surface area contributed by atoms with Crippen LogP contribution in [0, 0.1) is 13.8 Å². The van der Waals surface area contributed by atoms with Crippen LogP contribution in [0.15, 0.2) is 58.2 Å². The maximum Gasteiger partial charge on any atom is 0.277 e. The summed E-state index contributed by atoms with van der Waals surface area (Å²) in [7, 11) is 0. The van der Waals surface area contributed by atoms with E-state index < -0.39 is 0 Å². The van der Waals surface area contributed by atoms with Gasteiger partial charge in [-0.3, -0.25) is 0 Å². The first-order valence-corrected chi connectivity index (χ1v) is 10.1. The van der Waals surface area contributed by atoms with Gasteiger partial charge in [0, 0.05) is 17.0 Å². The van der Waals surface area contributed by atoms with Crippen LogP contribution in [0.4, 0.5) is 0 Å². The fourth-order valence-electron chi connectivity index (χ4n) is 3.18. The minimum Gasteiger partial charge on any atom is -0.454 e. The number of thioether (sulfide) groups is 1. The number of benzene rings is 2. The molecule has 2 aromatic heterocycles. The molecule has 0 aliphatic carbocycles. The molecule has 0 radical (unpaired) electrons. The van der Waals surface area contributed by atoms with Crippen molar-refractivity contribution in [3.63, 3.8) is 0 Å². The van der Waals surface area contributed by atoms with Crippen molar-refractivity contribution in [2.45, 2.75) is 24.8 Å². The second-order valence-corrected chi connectivity index (χ2v) is 7.66. The Balaban J connectivity index is 1.26. The van der Waals surface area contributed by atoms with Crippen molar-refractivity contribution in [1.82, 2.24) is 20.0 Å². The summed E-state index contributed by atoms with van der Waals surface area (Å²) in [6.45, 7) is 4.29. The first kappa shape index (κ1) is 17.8. The highest BCUT2D eigenvalue weighted by atomic mass is 32.2. The van der Waals surface area contributed by atoms with Crippen molar-refractivity contribution >= 4 is 11.8 Å². The van der Waals surface area contributed by atoms with Crippen LogP contribution in [0.5, 0.6) is 11.5 Å². The maximum absolute atomic E-state index is 5.79. The summed E-state index contributed by atoms with van der Waals surface area (Å²) in [4.78, 5) is 0. The number of hydrogen-bond donors (Lipinski definition) is 0. The van der Waals surface area contributed by atoms with Crippen molar-refractivity contribution in [3.8, 4) is 28.6 Å². The third-order valence-corrected chi connectivity index (χ3v) is 5.47. The predicted octanol–water partition coefficient (Wildman–Crippen LogP) is 4.56. The van der Waals surface area contributed by atoms with Gasteiger partial charge in [-0.2, -0.15) is 5.10 Å². The lowest BCUT2D eigenvalue weighted by Gasteiger charge is -2.05. The molecule has 0 unspecified atom stereocenters. The van der Waals surface area contributed by atoms with E-state index in [0.717, 1.165) is 34.1 Å². The standard InChI is InChI=1S/C21H18N4O3S/c1-13-9-14(2)25(24-13)17-6-3-15(4-7-17)11-29-21-23-22-20(28-21)16-5-8-18-19(10-16)27-12-26-18/h3-10H,11-12H2,1-2H3. The molecule has 0 spiro atoms. The van der Waals surface area contributed by atoms with Crippen LogP contribution in [-0.2, 0) is 5.75 Å². The highest BCUT2D eigenvalue weighted by Gasteiger charge is 2.17. The van der Waals surface area contributed by atoms with Crippen LogP contribution in [0.3, 0.4) is 0 Å². The van der Waals surface area contributed by atoms with Gasteiger partial charge in [0.1, 0.15) is 0 Å². The highest BCUT2D eigenvalue weighted by molar-refractivity contribution is 7.98. The lowest BCUT2D eigenvalue weighted by molar-refractivity contribution is 0.174. The van der Waals surface area contributed by atoms with Gasteiger partial charge in [0.15, 0.2) is 11.5 Å². The topological polar surface area (TPSA) is 75.2 Å². The first-order chi connectivity index (χ1) is 14.2. The van der Waals surface area contributed by atoms with E-state index >= 15 is 0 Å². The zero-order valence-corrected chi connectivity index (χ0v) is 16.8. The van der Waals surface area contributed by atoms with E-state index in [-0.39, 0.29) is 6.79 Å². The number of rotatable bonds is 5. The van der Waals surface area contributed by atoms with Gasteiger partial charge in [-0.05, 0) is 55.8 Å². The van der Waals surface area contributed by atoms with E-state index in [1.807, 2.05) is 29.8 Å². The summed E-state index contributed by atoms with van der Waals surface area (Å²) >= 11 is 1.50. The normalized spacial score (nSPS) is 12.5. The average Bonchev–Trinajstić information content (AvgIpc) is 3.46. The van der Waals surface area contributed by atoms with Gasteiger partial charge in [0.2, 0.25) is 12.7 Å². The molecule has 146 valence electrons. The Morgan fingerprint density at radius 1 is 0.966 bits per heavy atom. The number of aryl methyl sites for hydroxylation is 2. The summed E-state index contributed by atoms with van der Waals surface area (Å²) in [5, 5.41) is 13.3. The fourth-order valence-corrected chi connectivity index (χ4v) is 3.90. The Bertz CT molecular complexity index is 1170. The lowest BCUT2D eigenvalue weighted by atomic mass is 10.2. The molecular weight excluding hydrogens is 388 g/mol. The number of fused-ring (bicyclic) bond motifs is 1. The molecule has 1 aliphatic heterocycles. The van der Waals surface area contributed by atoms with Crippen LogP contribution < -0.4 is 9.47 Å². The van der Waals surface area contributed by atoms with Crippen molar-refractivity contribution in [3.05, 3.63) is 65.5 Å². The second-order valence-electron chi connectivity index (χ2n) is 6.74. The van der Waals surface area contributed by atoms with E-state index in [9.17, 15) is 0 Å². The Hall–Kier alpha value is -3.26. The van der Waals surface area contributed by atoms with Gasteiger partial charge >= 0.3 is 0 Å². The Morgan fingerprint density at radius 2 is 1.79 bits per heavy atom. The number of aromatic nitrogens is 4. The van der Waals surface area contributed by atoms with Crippen LogP contribution in [0.25, 0.3) is 17.1 Å². The molecule has 29 heavy (non-hydrogen) atoms. The van der Waals surface area contributed by atoms with Gasteiger partial charge < -0.3 is 13.9 Å². The Morgan fingerprint density at radius 3 is 2.59 bits per heavy atom. The maximum atomic E-state index is 5.79. The smallest absolute Gasteiger partial charge is 0.277 e. The molecule has 0 bridgehead atoms. The van der Waals surface area contributed by atoms with Crippen molar-refractivity contribution < 1.29 is 13.9 Å². The summed E-state index contributed by atoms with van der Waals surface area (Å²) in [5.74, 6) is 2.62. The summed E-state index contributed by atoms with van der Waals surface area (Å²) in [6.07, 6.45) is 0.